The van der Waals surface area contributed by atoms with Crippen molar-refractivity contribution in [3.8, 4) is 0 Å². The molecule has 0 spiro atoms. The van der Waals surface area contributed by atoms with Crippen LogP contribution < -0.4 is 0 Å². The summed E-state index contributed by atoms with van der Waals surface area (Å²) in [7, 11) is 0. The molecule has 2 heteroatoms. The summed E-state index contributed by atoms with van der Waals surface area (Å²) in [5, 5.41) is 0.830. The molecule has 0 atom stereocenters. The smallest absolute Gasteiger partial charge is 0.0446 e. The minimum Gasteiger partial charge on any atom is -0.0901 e. The summed E-state index contributed by atoms with van der Waals surface area (Å²) in [5.74, 6) is 0. The maximum absolute atomic E-state index is 6.07. The normalized spacial score (nSPS) is 10.3. The van der Waals surface area contributed by atoms with Gasteiger partial charge in [-0.3, -0.25) is 0 Å². The van der Waals surface area contributed by atoms with Gasteiger partial charge in [0.1, 0.15) is 0 Å². The summed E-state index contributed by atoms with van der Waals surface area (Å²) in [6.45, 7) is 2.01. The third-order valence-corrected chi connectivity index (χ3v) is 3.53. The zero-order valence-corrected chi connectivity index (χ0v) is 9.98. The molecule has 0 aliphatic rings. The highest BCUT2D eigenvalue weighted by Gasteiger charge is 1.99. The molecule has 0 aromatic heterocycles. The van der Waals surface area contributed by atoms with Gasteiger partial charge in [-0.25, -0.2) is 0 Å². The number of hydrogen-bond acceptors (Lipinski definition) is 1. The molecule has 0 amide bonds. The van der Waals surface area contributed by atoms with Crippen LogP contribution in [0.5, 0.6) is 0 Å². The van der Waals surface area contributed by atoms with Crippen molar-refractivity contribution in [2.75, 3.05) is 0 Å². The van der Waals surface area contributed by atoms with E-state index in [2.05, 4.69) is 18.2 Å². The molecule has 0 fully saturated rings. The van der Waals surface area contributed by atoms with E-state index in [-0.39, 0.29) is 0 Å². The summed E-state index contributed by atoms with van der Waals surface area (Å²) in [5.41, 5.74) is 1.12. The van der Waals surface area contributed by atoms with E-state index < -0.39 is 0 Å². The van der Waals surface area contributed by atoms with Crippen molar-refractivity contribution < 1.29 is 0 Å². The van der Waals surface area contributed by atoms with Crippen LogP contribution in [0.1, 0.15) is 5.56 Å². The van der Waals surface area contributed by atoms with Gasteiger partial charge >= 0.3 is 0 Å². The zero-order valence-electron chi connectivity index (χ0n) is 8.41. The molecule has 76 valence electrons. The Morgan fingerprint density at radius 3 is 2.33 bits per heavy atom. The first-order valence-corrected chi connectivity index (χ1v) is 5.94. The summed E-state index contributed by atoms with van der Waals surface area (Å²) in [6, 6.07) is 16.4. The van der Waals surface area contributed by atoms with Crippen LogP contribution in [0.15, 0.2) is 58.3 Å². The van der Waals surface area contributed by atoms with E-state index in [0.29, 0.717) is 0 Å². The van der Waals surface area contributed by atoms with E-state index in [1.165, 1.54) is 9.79 Å². The Morgan fingerprint density at radius 2 is 1.67 bits per heavy atom. The zero-order chi connectivity index (χ0) is 10.7. The quantitative estimate of drug-likeness (QED) is 0.719. The van der Waals surface area contributed by atoms with Crippen molar-refractivity contribution in [3.63, 3.8) is 0 Å². The van der Waals surface area contributed by atoms with E-state index >= 15 is 0 Å². The van der Waals surface area contributed by atoms with Gasteiger partial charge in [-0.05, 0) is 36.8 Å². The monoisotopic (exact) mass is 234 g/mol. The number of benzene rings is 2. The molecular formula is C13H11ClS. The summed E-state index contributed by atoms with van der Waals surface area (Å²) >= 11 is 7.79. The van der Waals surface area contributed by atoms with Crippen LogP contribution in [0, 0.1) is 6.92 Å². The van der Waals surface area contributed by atoms with E-state index in [9.17, 15) is 0 Å². The molecule has 0 heterocycles. The fourth-order valence-corrected chi connectivity index (χ4v) is 2.39. The number of halogens is 1. The fraction of sp³-hybridized carbons (Fsp3) is 0.0769. The molecule has 0 radical (unpaired) electrons. The Bertz CT molecular complexity index is 451. The lowest BCUT2D eigenvalue weighted by Gasteiger charge is -2.03. The molecule has 0 unspecified atom stereocenters. The van der Waals surface area contributed by atoms with Crippen molar-refractivity contribution in [3.05, 3.63) is 59.1 Å². The van der Waals surface area contributed by atoms with E-state index in [0.717, 1.165) is 10.6 Å². The van der Waals surface area contributed by atoms with Gasteiger partial charge in [-0.2, -0.15) is 0 Å². The number of hydrogen-bond donors (Lipinski definition) is 0. The third kappa shape index (κ3) is 2.77. The minimum absolute atomic E-state index is 0.830. The second-order valence-corrected chi connectivity index (χ2v) is 4.88. The van der Waals surface area contributed by atoms with Gasteiger partial charge in [0.15, 0.2) is 0 Å². The molecular weight excluding hydrogens is 224 g/mol. The summed E-state index contributed by atoms with van der Waals surface area (Å²) < 4.78 is 0. The van der Waals surface area contributed by atoms with Gasteiger partial charge < -0.3 is 0 Å². The number of rotatable bonds is 2. The largest absolute Gasteiger partial charge is 0.0901 e. The van der Waals surface area contributed by atoms with Crippen molar-refractivity contribution in [2.24, 2.45) is 0 Å². The lowest BCUT2D eigenvalue weighted by Crippen LogP contribution is -1.77. The van der Waals surface area contributed by atoms with Gasteiger partial charge in [0, 0.05) is 14.8 Å². The van der Waals surface area contributed by atoms with Crippen LogP contribution in [0.4, 0.5) is 0 Å². The standard InChI is InChI=1S/C13H11ClS/c1-10-7-8-12(9-13(10)14)15-11-5-3-2-4-6-11/h2-9H,1H3. The van der Waals surface area contributed by atoms with Crippen LogP contribution in [0.25, 0.3) is 0 Å². The molecule has 0 bridgehead atoms. The highest BCUT2D eigenvalue weighted by atomic mass is 35.5. The maximum Gasteiger partial charge on any atom is 0.0446 e. The summed E-state index contributed by atoms with van der Waals surface area (Å²) in [6.07, 6.45) is 0. The van der Waals surface area contributed by atoms with E-state index in [4.69, 9.17) is 11.6 Å². The Morgan fingerprint density at radius 1 is 0.933 bits per heavy atom. The third-order valence-electron chi connectivity index (χ3n) is 2.12. The molecule has 0 saturated carbocycles. The van der Waals surface area contributed by atoms with Gasteiger partial charge in [-0.1, -0.05) is 47.6 Å². The van der Waals surface area contributed by atoms with E-state index in [1.807, 2.05) is 37.3 Å². The number of aryl methyl sites for hydroxylation is 1. The SMILES string of the molecule is Cc1ccc(Sc2ccccc2)cc1Cl. The van der Waals surface area contributed by atoms with Crippen molar-refractivity contribution in [2.45, 2.75) is 16.7 Å². The lowest BCUT2D eigenvalue weighted by atomic mass is 10.2. The van der Waals surface area contributed by atoms with Crippen molar-refractivity contribution in [1.29, 1.82) is 0 Å². The Kier molecular flexibility index (Phi) is 3.34. The molecule has 0 saturated heterocycles. The van der Waals surface area contributed by atoms with Gasteiger partial charge in [-0.15, -0.1) is 0 Å². The van der Waals surface area contributed by atoms with Crippen molar-refractivity contribution >= 4 is 23.4 Å². The van der Waals surface area contributed by atoms with Crippen LogP contribution in [0.2, 0.25) is 5.02 Å². The predicted molar refractivity (Wildman–Crippen MR) is 66.8 cm³/mol. The molecule has 2 rings (SSSR count). The minimum atomic E-state index is 0.830. The molecule has 0 aliphatic carbocycles. The second kappa shape index (κ2) is 4.73. The first-order chi connectivity index (χ1) is 7.25. The van der Waals surface area contributed by atoms with Crippen LogP contribution >= 0.6 is 23.4 Å². The maximum atomic E-state index is 6.07. The second-order valence-electron chi connectivity index (χ2n) is 3.33. The topological polar surface area (TPSA) is 0 Å². The van der Waals surface area contributed by atoms with Crippen LogP contribution in [-0.4, -0.2) is 0 Å². The van der Waals surface area contributed by atoms with Gasteiger partial charge in [0.05, 0.1) is 0 Å². The van der Waals surface area contributed by atoms with Crippen LogP contribution in [-0.2, 0) is 0 Å². The summed E-state index contributed by atoms with van der Waals surface area (Å²) in [4.78, 5) is 2.41. The molecule has 2 aromatic carbocycles. The molecule has 0 N–H and O–H groups in total. The average Bonchev–Trinajstić information content (AvgIpc) is 2.25. The van der Waals surface area contributed by atoms with Gasteiger partial charge in [0.25, 0.3) is 0 Å². The molecule has 0 nitrogen and oxygen atoms in total. The molecule has 0 aliphatic heterocycles. The van der Waals surface area contributed by atoms with Crippen molar-refractivity contribution in [1.82, 2.24) is 0 Å². The molecule has 2 aromatic rings. The highest BCUT2D eigenvalue weighted by Crippen LogP contribution is 2.30. The average molecular weight is 235 g/mol. The highest BCUT2D eigenvalue weighted by molar-refractivity contribution is 7.99. The first kappa shape index (κ1) is 10.6. The van der Waals surface area contributed by atoms with Gasteiger partial charge in [0.2, 0.25) is 0 Å². The Hall–Kier alpha value is -0.920. The Labute approximate surface area is 99.3 Å². The fourth-order valence-electron chi connectivity index (χ4n) is 1.26. The molecule has 15 heavy (non-hydrogen) atoms. The van der Waals surface area contributed by atoms with Crippen LogP contribution in [0.3, 0.4) is 0 Å². The van der Waals surface area contributed by atoms with E-state index in [1.54, 1.807) is 11.8 Å². The predicted octanol–water partition coefficient (Wildman–Crippen LogP) is 4.80. The first-order valence-electron chi connectivity index (χ1n) is 4.75. The lowest BCUT2D eigenvalue weighted by molar-refractivity contribution is 1.36. The Balaban J connectivity index is 2.22.